The van der Waals surface area contributed by atoms with Gasteiger partial charge in [-0.15, -0.1) is 0 Å². The fraction of sp³-hybridized carbons (Fsp3) is 0.304. The van der Waals surface area contributed by atoms with Gasteiger partial charge in [0.1, 0.15) is 11.6 Å². The van der Waals surface area contributed by atoms with Crippen LogP contribution in [0.15, 0.2) is 53.1 Å². The number of hydrogen-bond acceptors (Lipinski definition) is 7. The highest BCUT2D eigenvalue weighted by Crippen LogP contribution is 2.24. The SMILES string of the molecule is COc1ccc(N(Cc2noc(-c3ccccc3F)n2)C(=O)CCCCCC(=O)NO)cc1. The summed E-state index contributed by atoms with van der Waals surface area (Å²) in [5.41, 5.74) is 2.40. The van der Waals surface area contributed by atoms with E-state index in [9.17, 15) is 14.0 Å². The minimum absolute atomic E-state index is 0.0346. The molecule has 1 heterocycles. The van der Waals surface area contributed by atoms with E-state index in [1.54, 1.807) is 49.0 Å². The molecule has 3 rings (SSSR count). The van der Waals surface area contributed by atoms with Crippen molar-refractivity contribution in [2.75, 3.05) is 12.0 Å². The summed E-state index contributed by atoms with van der Waals surface area (Å²) in [6.45, 7) is 0.0377. The smallest absolute Gasteiger partial charge is 0.260 e. The van der Waals surface area contributed by atoms with Gasteiger partial charge in [0.15, 0.2) is 5.82 Å². The highest BCUT2D eigenvalue weighted by molar-refractivity contribution is 5.93. The second-order valence-corrected chi connectivity index (χ2v) is 7.27. The van der Waals surface area contributed by atoms with Gasteiger partial charge in [-0.1, -0.05) is 23.7 Å². The molecule has 0 radical (unpaired) electrons. The fourth-order valence-electron chi connectivity index (χ4n) is 3.22. The Bertz CT molecular complexity index is 1070. The van der Waals surface area contributed by atoms with Gasteiger partial charge in [0.25, 0.3) is 5.89 Å². The van der Waals surface area contributed by atoms with Crippen molar-refractivity contribution in [3.63, 3.8) is 0 Å². The number of benzene rings is 2. The third-order valence-corrected chi connectivity index (χ3v) is 4.98. The maximum atomic E-state index is 14.0. The van der Waals surface area contributed by atoms with Gasteiger partial charge in [-0.05, 0) is 49.2 Å². The van der Waals surface area contributed by atoms with Crippen molar-refractivity contribution in [2.24, 2.45) is 0 Å². The lowest BCUT2D eigenvalue weighted by Crippen LogP contribution is -2.30. The van der Waals surface area contributed by atoms with Gasteiger partial charge in [0, 0.05) is 18.5 Å². The fourth-order valence-corrected chi connectivity index (χ4v) is 3.22. The summed E-state index contributed by atoms with van der Waals surface area (Å²) in [7, 11) is 1.55. The van der Waals surface area contributed by atoms with Gasteiger partial charge in [-0.25, -0.2) is 9.87 Å². The first kappa shape index (κ1) is 23.9. The van der Waals surface area contributed by atoms with Crippen molar-refractivity contribution < 1.29 is 28.4 Å². The quantitative estimate of drug-likeness (QED) is 0.255. The molecule has 174 valence electrons. The Balaban J connectivity index is 1.71. The number of carbonyl (C=O) groups is 2. The van der Waals surface area contributed by atoms with E-state index in [2.05, 4.69) is 10.1 Å². The van der Waals surface area contributed by atoms with Crippen LogP contribution in [-0.2, 0) is 16.1 Å². The molecule has 0 aliphatic heterocycles. The first-order valence-electron chi connectivity index (χ1n) is 10.5. The Labute approximate surface area is 190 Å². The average molecular weight is 456 g/mol. The Morgan fingerprint density at radius 3 is 2.52 bits per heavy atom. The number of ether oxygens (including phenoxy) is 1. The Morgan fingerprint density at radius 2 is 1.82 bits per heavy atom. The number of hydrogen-bond donors (Lipinski definition) is 2. The third-order valence-electron chi connectivity index (χ3n) is 4.98. The molecule has 2 amide bonds. The summed E-state index contributed by atoms with van der Waals surface area (Å²) in [5.74, 6) is -0.183. The van der Waals surface area contributed by atoms with Crippen LogP contribution in [0.1, 0.15) is 37.9 Å². The van der Waals surface area contributed by atoms with E-state index in [-0.39, 0.29) is 42.6 Å². The number of methoxy groups -OCH3 is 1. The van der Waals surface area contributed by atoms with Crippen LogP contribution in [0.5, 0.6) is 5.75 Å². The summed E-state index contributed by atoms with van der Waals surface area (Å²) in [6.07, 6.45) is 2.20. The molecular weight excluding hydrogens is 431 g/mol. The number of anilines is 1. The maximum absolute atomic E-state index is 14.0. The average Bonchev–Trinajstić information content (AvgIpc) is 3.30. The zero-order valence-electron chi connectivity index (χ0n) is 18.2. The second-order valence-electron chi connectivity index (χ2n) is 7.27. The molecule has 10 heteroatoms. The molecule has 0 fully saturated rings. The molecule has 9 nitrogen and oxygen atoms in total. The lowest BCUT2D eigenvalue weighted by atomic mass is 10.1. The molecule has 0 unspecified atom stereocenters. The molecule has 0 spiro atoms. The van der Waals surface area contributed by atoms with Gasteiger partial charge < -0.3 is 14.2 Å². The van der Waals surface area contributed by atoms with Crippen LogP contribution in [0, 0.1) is 5.82 Å². The Kier molecular flexibility index (Phi) is 8.48. The molecule has 2 N–H and O–H groups in total. The van der Waals surface area contributed by atoms with Crippen LogP contribution < -0.4 is 15.1 Å². The normalized spacial score (nSPS) is 10.6. The summed E-state index contributed by atoms with van der Waals surface area (Å²) in [4.78, 5) is 29.9. The summed E-state index contributed by atoms with van der Waals surface area (Å²) in [5, 5.41) is 12.5. The number of aromatic nitrogens is 2. The second kappa shape index (κ2) is 11.7. The largest absolute Gasteiger partial charge is 0.497 e. The zero-order valence-corrected chi connectivity index (χ0v) is 18.2. The first-order chi connectivity index (χ1) is 16.0. The first-order valence-corrected chi connectivity index (χ1v) is 10.5. The minimum atomic E-state index is -0.481. The zero-order chi connectivity index (χ0) is 23.6. The molecule has 0 bridgehead atoms. The van der Waals surface area contributed by atoms with Crippen LogP contribution in [0.2, 0.25) is 0 Å². The Hall–Kier alpha value is -3.79. The van der Waals surface area contributed by atoms with Crippen molar-refractivity contribution in [3.8, 4) is 17.2 Å². The number of unbranched alkanes of at least 4 members (excludes halogenated alkanes) is 2. The highest BCUT2D eigenvalue weighted by atomic mass is 19.1. The lowest BCUT2D eigenvalue weighted by Gasteiger charge is -2.21. The standard InChI is InChI=1S/C23H25FN4O5/c1-32-17-13-11-16(12-14-17)28(22(30)10-4-2-3-9-21(29)26-31)15-20-25-23(33-27-20)18-7-5-6-8-19(18)24/h5-8,11-14,31H,2-4,9-10,15H2,1H3,(H,26,29). The molecule has 0 aliphatic carbocycles. The molecule has 33 heavy (non-hydrogen) atoms. The van der Waals surface area contributed by atoms with E-state index in [0.29, 0.717) is 30.7 Å². The predicted molar refractivity (Wildman–Crippen MR) is 117 cm³/mol. The molecule has 0 aliphatic rings. The van der Waals surface area contributed by atoms with E-state index in [0.717, 1.165) is 0 Å². The molecular formula is C23H25FN4O5. The van der Waals surface area contributed by atoms with Crippen LogP contribution >= 0.6 is 0 Å². The summed E-state index contributed by atoms with van der Waals surface area (Å²) >= 11 is 0. The van der Waals surface area contributed by atoms with E-state index in [1.807, 2.05) is 0 Å². The minimum Gasteiger partial charge on any atom is -0.497 e. The van der Waals surface area contributed by atoms with Gasteiger partial charge >= 0.3 is 0 Å². The van der Waals surface area contributed by atoms with Gasteiger partial charge in [0.2, 0.25) is 11.8 Å². The number of halogens is 1. The van der Waals surface area contributed by atoms with E-state index in [4.69, 9.17) is 14.5 Å². The van der Waals surface area contributed by atoms with E-state index >= 15 is 0 Å². The van der Waals surface area contributed by atoms with E-state index in [1.165, 1.54) is 17.0 Å². The molecule has 0 saturated heterocycles. The Morgan fingerprint density at radius 1 is 1.09 bits per heavy atom. The van der Waals surface area contributed by atoms with Crippen LogP contribution in [0.4, 0.5) is 10.1 Å². The number of rotatable bonds is 11. The highest BCUT2D eigenvalue weighted by Gasteiger charge is 2.20. The van der Waals surface area contributed by atoms with Crippen LogP contribution in [0.25, 0.3) is 11.5 Å². The van der Waals surface area contributed by atoms with Crippen molar-refractivity contribution in [1.82, 2.24) is 15.6 Å². The predicted octanol–water partition coefficient (Wildman–Crippen LogP) is 3.87. The van der Waals surface area contributed by atoms with Gasteiger partial charge in [-0.3, -0.25) is 14.8 Å². The van der Waals surface area contributed by atoms with Crippen molar-refractivity contribution >= 4 is 17.5 Å². The summed E-state index contributed by atoms with van der Waals surface area (Å²) in [6, 6.07) is 13.1. The molecule has 1 aromatic heterocycles. The van der Waals surface area contributed by atoms with Crippen molar-refractivity contribution in [1.29, 1.82) is 0 Å². The number of carbonyl (C=O) groups excluding carboxylic acids is 2. The topological polar surface area (TPSA) is 118 Å². The number of nitrogens with one attached hydrogen (secondary N) is 1. The molecule has 0 atom stereocenters. The van der Waals surface area contributed by atoms with E-state index < -0.39 is 11.7 Å². The van der Waals surface area contributed by atoms with Crippen LogP contribution in [0.3, 0.4) is 0 Å². The number of nitrogens with zero attached hydrogens (tertiary/aromatic N) is 3. The lowest BCUT2D eigenvalue weighted by molar-refractivity contribution is -0.129. The van der Waals surface area contributed by atoms with Crippen LogP contribution in [-0.4, -0.2) is 34.3 Å². The molecule has 2 aromatic carbocycles. The number of hydroxylamine groups is 1. The van der Waals surface area contributed by atoms with Gasteiger partial charge in [-0.2, -0.15) is 4.98 Å². The van der Waals surface area contributed by atoms with Gasteiger partial charge in [0.05, 0.1) is 19.2 Å². The van der Waals surface area contributed by atoms with Crippen molar-refractivity contribution in [2.45, 2.75) is 38.6 Å². The number of amides is 2. The summed E-state index contributed by atoms with van der Waals surface area (Å²) < 4.78 is 24.4. The maximum Gasteiger partial charge on any atom is 0.260 e. The molecule has 3 aromatic rings. The monoisotopic (exact) mass is 456 g/mol. The molecule has 0 saturated carbocycles. The third kappa shape index (κ3) is 6.59. The van der Waals surface area contributed by atoms with Crippen molar-refractivity contribution in [3.05, 3.63) is 60.2 Å².